The maximum absolute atomic E-state index is 5.70. The van der Waals surface area contributed by atoms with Crippen molar-refractivity contribution >= 4 is 35.6 Å². The predicted octanol–water partition coefficient (Wildman–Crippen LogP) is 2.20. The molecule has 29 heavy (non-hydrogen) atoms. The maximum atomic E-state index is 5.70. The molecule has 164 valence electrons. The van der Waals surface area contributed by atoms with Gasteiger partial charge in [0.25, 0.3) is 0 Å². The van der Waals surface area contributed by atoms with Gasteiger partial charge in [-0.3, -0.25) is 4.99 Å². The number of benzene rings is 1. The van der Waals surface area contributed by atoms with Crippen molar-refractivity contribution < 1.29 is 14.2 Å². The summed E-state index contributed by atoms with van der Waals surface area (Å²) in [5.41, 5.74) is 2.59. The standard InChI is InChI=1S/C21H34N4O3.HI/c1-22-21(25-8-7-18(16-25)17-28-14-13-26-2)23-15-19-5-3-4-6-20(19)24-9-11-27-12-10-24;/h3-6,18H,7-17H2,1-2H3,(H,22,23);1H. The van der Waals surface area contributed by atoms with Crippen molar-refractivity contribution in [1.82, 2.24) is 10.2 Å². The highest BCUT2D eigenvalue weighted by Gasteiger charge is 2.25. The molecular weight excluding hydrogens is 483 g/mol. The highest BCUT2D eigenvalue weighted by molar-refractivity contribution is 14.0. The molecule has 1 atom stereocenters. The molecule has 7 nitrogen and oxygen atoms in total. The third-order valence-electron chi connectivity index (χ3n) is 5.36. The molecule has 0 amide bonds. The molecule has 0 saturated carbocycles. The highest BCUT2D eigenvalue weighted by atomic mass is 127. The summed E-state index contributed by atoms with van der Waals surface area (Å²) in [6, 6.07) is 8.61. The minimum absolute atomic E-state index is 0. The van der Waals surface area contributed by atoms with Gasteiger partial charge in [-0.1, -0.05) is 18.2 Å². The summed E-state index contributed by atoms with van der Waals surface area (Å²) in [5.74, 6) is 1.52. The van der Waals surface area contributed by atoms with E-state index in [9.17, 15) is 0 Å². The van der Waals surface area contributed by atoms with Crippen molar-refractivity contribution in [1.29, 1.82) is 0 Å². The number of nitrogens with zero attached hydrogens (tertiary/aromatic N) is 3. The third kappa shape index (κ3) is 7.27. The van der Waals surface area contributed by atoms with Gasteiger partial charge >= 0.3 is 0 Å². The molecule has 1 N–H and O–H groups in total. The van der Waals surface area contributed by atoms with E-state index in [4.69, 9.17) is 14.2 Å². The topological polar surface area (TPSA) is 58.6 Å². The molecule has 8 heteroatoms. The van der Waals surface area contributed by atoms with Crippen LogP contribution >= 0.6 is 24.0 Å². The maximum Gasteiger partial charge on any atom is 0.193 e. The average molecular weight is 518 g/mol. The Bertz CT molecular complexity index is 626. The van der Waals surface area contributed by atoms with Gasteiger partial charge in [0.1, 0.15) is 0 Å². The summed E-state index contributed by atoms with van der Waals surface area (Å²) in [6.07, 6.45) is 1.14. The minimum atomic E-state index is 0. The first-order valence-corrected chi connectivity index (χ1v) is 10.2. The van der Waals surface area contributed by atoms with Gasteiger partial charge < -0.3 is 29.3 Å². The summed E-state index contributed by atoms with van der Waals surface area (Å²) < 4.78 is 16.2. The number of anilines is 1. The number of guanidine groups is 1. The summed E-state index contributed by atoms with van der Waals surface area (Å²) in [6.45, 7) is 8.37. The zero-order valence-corrected chi connectivity index (χ0v) is 20.0. The van der Waals surface area contributed by atoms with Crippen molar-refractivity contribution in [2.24, 2.45) is 10.9 Å². The van der Waals surface area contributed by atoms with Crippen LogP contribution in [0.5, 0.6) is 0 Å². The van der Waals surface area contributed by atoms with Gasteiger partial charge in [-0.15, -0.1) is 24.0 Å². The van der Waals surface area contributed by atoms with Gasteiger partial charge in [-0.25, -0.2) is 0 Å². The first-order chi connectivity index (χ1) is 13.8. The van der Waals surface area contributed by atoms with E-state index in [0.717, 1.165) is 64.9 Å². The van der Waals surface area contributed by atoms with E-state index in [1.807, 2.05) is 7.05 Å². The number of nitrogens with one attached hydrogen (secondary N) is 1. The lowest BCUT2D eigenvalue weighted by atomic mass is 10.1. The lowest BCUT2D eigenvalue weighted by molar-refractivity contribution is 0.0536. The van der Waals surface area contributed by atoms with Gasteiger partial charge in [0.15, 0.2) is 5.96 Å². The first kappa shape index (κ1) is 24.2. The number of halogens is 1. The second-order valence-corrected chi connectivity index (χ2v) is 7.30. The van der Waals surface area contributed by atoms with Gasteiger partial charge in [0.2, 0.25) is 0 Å². The molecule has 0 radical (unpaired) electrons. The summed E-state index contributed by atoms with van der Waals surface area (Å²) in [4.78, 5) is 9.25. The number of ether oxygens (including phenoxy) is 3. The van der Waals surface area contributed by atoms with E-state index in [1.54, 1.807) is 7.11 Å². The number of hydrogen-bond acceptors (Lipinski definition) is 5. The summed E-state index contributed by atoms with van der Waals surface area (Å²) >= 11 is 0. The third-order valence-corrected chi connectivity index (χ3v) is 5.36. The van der Waals surface area contributed by atoms with Crippen molar-refractivity contribution in [3.63, 3.8) is 0 Å². The average Bonchev–Trinajstić information content (AvgIpc) is 3.21. The number of methoxy groups -OCH3 is 1. The molecule has 1 aromatic carbocycles. The van der Waals surface area contributed by atoms with Crippen LogP contribution in [0.2, 0.25) is 0 Å². The minimum Gasteiger partial charge on any atom is -0.382 e. The predicted molar refractivity (Wildman–Crippen MR) is 127 cm³/mol. The molecule has 1 aromatic rings. The molecule has 2 heterocycles. The molecule has 1 unspecified atom stereocenters. The van der Waals surface area contributed by atoms with Gasteiger partial charge in [-0.2, -0.15) is 0 Å². The van der Waals surface area contributed by atoms with Crippen molar-refractivity contribution in [3.05, 3.63) is 29.8 Å². The Labute approximate surface area is 191 Å². The number of rotatable bonds is 8. The Morgan fingerprint density at radius 1 is 1.21 bits per heavy atom. The molecular formula is C21H35IN4O3. The fourth-order valence-electron chi connectivity index (χ4n) is 3.83. The number of para-hydroxylation sites is 1. The van der Waals surface area contributed by atoms with Crippen LogP contribution in [-0.2, 0) is 20.8 Å². The van der Waals surface area contributed by atoms with Crippen molar-refractivity contribution in [2.75, 3.05) is 78.3 Å². The number of hydrogen-bond donors (Lipinski definition) is 1. The molecule has 0 bridgehead atoms. The van der Waals surface area contributed by atoms with E-state index in [0.29, 0.717) is 19.1 Å². The van der Waals surface area contributed by atoms with Crippen LogP contribution in [-0.4, -0.2) is 84.2 Å². The van der Waals surface area contributed by atoms with Gasteiger partial charge in [0, 0.05) is 58.5 Å². The Morgan fingerprint density at radius 2 is 2.00 bits per heavy atom. The lowest BCUT2D eigenvalue weighted by Gasteiger charge is -2.31. The summed E-state index contributed by atoms with van der Waals surface area (Å²) in [5, 5.41) is 3.56. The van der Waals surface area contributed by atoms with E-state index in [2.05, 4.69) is 44.4 Å². The fourth-order valence-corrected chi connectivity index (χ4v) is 3.83. The van der Waals surface area contributed by atoms with Crippen LogP contribution in [0.25, 0.3) is 0 Å². The molecule has 2 aliphatic heterocycles. The normalized spacial score (nSPS) is 19.9. The van der Waals surface area contributed by atoms with Crippen LogP contribution in [0, 0.1) is 5.92 Å². The molecule has 3 rings (SSSR count). The van der Waals surface area contributed by atoms with Crippen molar-refractivity contribution in [2.45, 2.75) is 13.0 Å². The van der Waals surface area contributed by atoms with Crippen LogP contribution in [0.3, 0.4) is 0 Å². The van der Waals surface area contributed by atoms with Crippen LogP contribution < -0.4 is 10.2 Å². The number of likely N-dealkylation sites (tertiary alicyclic amines) is 1. The Kier molecular flexibility index (Phi) is 11.0. The van der Waals surface area contributed by atoms with E-state index in [1.165, 1.54) is 11.3 Å². The monoisotopic (exact) mass is 518 g/mol. The van der Waals surface area contributed by atoms with E-state index < -0.39 is 0 Å². The largest absolute Gasteiger partial charge is 0.382 e. The number of aliphatic imine (C=N–C) groups is 1. The van der Waals surface area contributed by atoms with Crippen LogP contribution in [0.1, 0.15) is 12.0 Å². The SMILES string of the molecule is CN=C(NCc1ccccc1N1CCOCC1)N1CCC(COCCOC)C1.I. The first-order valence-electron chi connectivity index (χ1n) is 10.2. The highest BCUT2D eigenvalue weighted by Crippen LogP contribution is 2.22. The zero-order valence-electron chi connectivity index (χ0n) is 17.6. The molecule has 2 fully saturated rings. The summed E-state index contributed by atoms with van der Waals surface area (Å²) in [7, 11) is 3.56. The lowest BCUT2D eigenvalue weighted by Crippen LogP contribution is -2.41. The smallest absolute Gasteiger partial charge is 0.193 e. The van der Waals surface area contributed by atoms with E-state index in [-0.39, 0.29) is 24.0 Å². The van der Waals surface area contributed by atoms with Crippen molar-refractivity contribution in [3.8, 4) is 0 Å². The van der Waals surface area contributed by atoms with Crippen LogP contribution in [0.4, 0.5) is 5.69 Å². The molecule has 0 spiro atoms. The number of morpholine rings is 1. The quantitative estimate of drug-likeness (QED) is 0.247. The Hall–Kier alpha value is -1.10. The molecule has 0 aliphatic carbocycles. The molecule has 2 saturated heterocycles. The second-order valence-electron chi connectivity index (χ2n) is 7.30. The van der Waals surface area contributed by atoms with Crippen LogP contribution in [0.15, 0.2) is 29.3 Å². The molecule has 2 aliphatic rings. The Morgan fingerprint density at radius 3 is 2.76 bits per heavy atom. The van der Waals surface area contributed by atoms with Gasteiger partial charge in [-0.05, 0) is 18.1 Å². The second kappa shape index (κ2) is 13.3. The van der Waals surface area contributed by atoms with E-state index >= 15 is 0 Å². The fraction of sp³-hybridized carbons (Fsp3) is 0.667. The zero-order chi connectivity index (χ0) is 19.6. The van der Waals surface area contributed by atoms with Gasteiger partial charge in [0.05, 0.1) is 33.0 Å². The molecule has 0 aromatic heterocycles. The Balaban J connectivity index is 0.00000300.